The molecule has 0 saturated heterocycles. The van der Waals surface area contributed by atoms with Crippen molar-refractivity contribution in [1.29, 1.82) is 0 Å². The fraction of sp³-hybridized carbons (Fsp3) is 0.800. The molecule has 70 valence electrons. The molecule has 0 bridgehead atoms. The van der Waals surface area contributed by atoms with E-state index in [1.54, 1.807) is 0 Å². The number of terminal acetylenes is 1. The minimum absolute atomic E-state index is 0.660. The lowest BCUT2D eigenvalue weighted by molar-refractivity contribution is 0.743. The van der Waals surface area contributed by atoms with Gasteiger partial charge in [-0.1, -0.05) is 26.7 Å². The maximum absolute atomic E-state index is 5.12. The van der Waals surface area contributed by atoms with Crippen molar-refractivity contribution in [3.05, 3.63) is 0 Å². The second-order valence-electron chi connectivity index (χ2n) is 3.00. The Morgan fingerprint density at radius 1 is 1.42 bits per heavy atom. The molecule has 0 aromatic rings. The number of hydrogen-bond donors (Lipinski definition) is 1. The molecule has 0 rings (SSSR count). The van der Waals surface area contributed by atoms with Gasteiger partial charge in [0.2, 0.25) is 0 Å². The maximum Gasteiger partial charge on any atom is 0.0574 e. The first-order chi connectivity index (χ1) is 5.70. The number of nitrogens with one attached hydrogen (secondary N) is 1. The molecule has 1 nitrogen and oxygen atoms in total. The van der Waals surface area contributed by atoms with Crippen LogP contribution in [0.1, 0.15) is 27.2 Å². The van der Waals surface area contributed by atoms with Crippen LogP contribution in [-0.2, 0) is 0 Å². The predicted molar refractivity (Wildman–Crippen MR) is 58.5 cm³/mol. The van der Waals surface area contributed by atoms with Gasteiger partial charge in [0, 0.05) is 17.0 Å². The van der Waals surface area contributed by atoms with E-state index < -0.39 is 0 Å². The first kappa shape index (κ1) is 11.9. The summed E-state index contributed by atoms with van der Waals surface area (Å²) in [6.07, 6.45) is 6.36. The third-order valence-electron chi connectivity index (χ3n) is 1.70. The molecule has 0 fully saturated rings. The normalized spacial score (nSPS) is 15.2. The van der Waals surface area contributed by atoms with Crippen LogP contribution in [-0.4, -0.2) is 23.6 Å². The molecule has 2 atom stereocenters. The Morgan fingerprint density at radius 2 is 2.08 bits per heavy atom. The first-order valence-electron chi connectivity index (χ1n) is 4.50. The van der Waals surface area contributed by atoms with Crippen LogP contribution in [0, 0.1) is 12.3 Å². The molecule has 2 unspecified atom stereocenters. The monoisotopic (exact) mass is 185 g/mol. The second kappa shape index (κ2) is 7.52. The first-order valence-corrected chi connectivity index (χ1v) is 5.44. The maximum atomic E-state index is 5.12. The van der Waals surface area contributed by atoms with E-state index in [9.17, 15) is 0 Å². The van der Waals surface area contributed by atoms with Gasteiger partial charge < -0.3 is 5.32 Å². The average molecular weight is 185 g/mol. The van der Waals surface area contributed by atoms with Gasteiger partial charge >= 0.3 is 0 Å². The van der Waals surface area contributed by atoms with Gasteiger partial charge in [-0.15, -0.1) is 6.42 Å². The van der Waals surface area contributed by atoms with Crippen LogP contribution in [0.15, 0.2) is 0 Å². The lowest BCUT2D eigenvalue weighted by Crippen LogP contribution is -2.24. The van der Waals surface area contributed by atoms with Gasteiger partial charge in [0.05, 0.1) is 6.54 Å². The minimum atomic E-state index is 0.660. The van der Waals surface area contributed by atoms with Crippen LogP contribution >= 0.6 is 11.8 Å². The zero-order chi connectivity index (χ0) is 9.40. The van der Waals surface area contributed by atoms with E-state index >= 15 is 0 Å². The third kappa shape index (κ3) is 6.57. The van der Waals surface area contributed by atoms with Crippen LogP contribution in [0.3, 0.4) is 0 Å². The third-order valence-corrected chi connectivity index (χ3v) is 3.13. The van der Waals surface area contributed by atoms with Crippen molar-refractivity contribution in [3.8, 4) is 12.3 Å². The van der Waals surface area contributed by atoms with Crippen molar-refractivity contribution in [1.82, 2.24) is 5.32 Å². The average Bonchev–Trinajstić information content (AvgIpc) is 2.05. The smallest absolute Gasteiger partial charge is 0.0574 e. The molecular formula is C10H19NS. The van der Waals surface area contributed by atoms with E-state index in [4.69, 9.17) is 6.42 Å². The van der Waals surface area contributed by atoms with Crippen LogP contribution in [0.5, 0.6) is 0 Å². The van der Waals surface area contributed by atoms with Gasteiger partial charge in [-0.25, -0.2) is 0 Å². The van der Waals surface area contributed by atoms with Gasteiger partial charge in [0.15, 0.2) is 0 Å². The molecule has 1 N–H and O–H groups in total. The zero-order valence-corrected chi connectivity index (χ0v) is 9.08. The Labute approximate surface area is 80.7 Å². The molecule has 0 radical (unpaired) electrons. The summed E-state index contributed by atoms with van der Waals surface area (Å²) in [6.45, 7) is 8.42. The number of hydrogen-bond acceptors (Lipinski definition) is 2. The van der Waals surface area contributed by atoms with Crippen molar-refractivity contribution in [2.24, 2.45) is 0 Å². The minimum Gasteiger partial charge on any atom is -0.305 e. The van der Waals surface area contributed by atoms with Crippen molar-refractivity contribution < 1.29 is 0 Å². The molecule has 2 heteroatoms. The number of thioether (sulfide) groups is 1. The van der Waals surface area contributed by atoms with Gasteiger partial charge in [0.25, 0.3) is 0 Å². The Balaban J connectivity index is 3.33. The summed E-state index contributed by atoms with van der Waals surface area (Å²) in [7, 11) is 0. The molecule has 0 spiro atoms. The lowest BCUT2D eigenvalue weighted by Gasteiger charge is -2.15. The standard InChI is InChI=1S/C10H19NS/c1-5-7-11-8-10(4)12-9(3)6-2/h1,9-11H,6-8H2,2-4H3. The zero-order valence-electron chi connectivity index (χ0n) is 8.26. The molecule has 0 aromatic heterocycles. The SMILES string of the molecule is C#CCNCC(C)SC(C)CC. The molecule has 0 aliphatic heterocycles. The summed E-state index contributed by atoms with van der Waals surface area (Å²) in [6, 6.07) is 0. The molecule has 0 amide bonds. The van der Waals surface area contributed by atoms with Gasteiger partial charge in [-0.3, -0.25) is 0 Å². The summed E-state index contributed by atoms with van der Waals surface area (Å²) in [5, 5.41) is 4.62. The topological polar surface area (TPSA) is 12.0 Å². The van der Waals surface area contributed by atoms with Crippen molar-refractivity contribution in [2.75, 3.05) is 13.1 Å². The quantitative estimate of drug-likeness (QED) is 0.502. The Bertz CT molecular complexity index is 139. The van der Waals surface area contributed by atoms with E-state index in [1.807, 2.05) is 11.8 Å². The fourth-order valence-corrected chi connectivity index (χ4v) is 2.09. The Hall–Kier alpha value is -0.130. The summed E-state index contributed by atoms with van der Waals surface area (Å²) < 4.78 is 0. The fourth-order valence-electron chi connectivity index (χ4n) is 0.889. The molecule has 0 heterocycles. The van der Waals surface area contributed by atoms with Crippen molar-refractivity contribution in [3.63, 3.8) is 0 Å². The largest absolute Gasteiger partial charge is 0.305 e. The molecule has 0 aliphatic rings. The molecule has 0 saturated carbocycles. The predicted octanol–water partition coefficient (Wildman–Crippen LogP) is 2.13. The highest BCUT2D eigenvalue weighted by Gasteiger charge is 2.05. The highest BCUT2D eigenvalue weighted by molar-refractivity contribution is 8.00. The highest BCUT2D eigenvalue weighted by atomic mass is 32.2. The van der Waals surface area contributed by atoms with Crippen LogP contribution < -0.4 is 5.32 Å². The van der Waals surface area contributed by atoms with E-state index in [0.717, 1.165) is 11.8 Å². The highest BCUT2D eigenvalue weighted by Crippen LogP contribution is 2.18. The summed E-state index contributed by atoms with van der Waals surface area (Å²) in [5.41, 5.74) is 0. The van der Waals surface area contributed by atoms with Gasteiger partial charge in [-0.05, 0) is 6.42 Å². The van der Waals surface area contributed by atoms with Crippen LogP contribution in [0.4, 0.5) is 0 Å². The Kier molecular flexibility index (Phi) is 7.43. The summed E-state index contributed by atoms with van der Waals surface area (Å²) in [5.74, 6) is 2.57. The van der Waals surface area contributed by atoms with E-state index in [1.165, 1.54) is 6.42 Å². The summed E-state index contributed by atoms with van der Waals surface area (Å²) >= 11 is 2.02. The van der Waals surface area contributed by atoms with Crippen LogP contribution in [0.2, 0.25) is 0 Å². The summed E-state index contributed by atoms with van der Waals surface area (Å²) in [4.78, 5) is 0. The van der Waals surface area contributed by atoms with Gasteiger partial charge in [-0.2, -0.15) is 11.8 Å². The molecule has 0 aliphatic carbocycles. The van der Waals surface area contributed by atoms with Crippen molar-refractivity contribution >= 4 is 11.8 Å². The molecular weight excluding hydrogens is 166 g/mol. The molecule has 12 heavy (non-hydrogen) atoms. The van der Waals surface area contributed by atoms with Gasteiger partial charge in [0.1, 0.15) is 0 Å². The van der Waals surface area contributed by atoms with E-state index in [-0.39, 0.29) is 0 Å². The van der Waals surface area contributed by atoms with Crippen LogP contribution in [0.25, 0.3) is 0 Å². The van der Waals surface area contributed by atoms with E-state index in [0.29, 0.717) is 11.8 Å². The number of rotatable bonds is 6. The van der Waals surface area contributed by atoms with E-state index in [2.05, 4.69) is 32.0 Å². The molecule has 0 aromatic carbocycles. The Morgan fingerprint density at radius 3 is 2.58 bits per heavy atom. The lowest BCUT2D eigenvalue weighted by atomic mass is 10.4. The second-order valence-corrected chi connectivity index (χ2v) is 4.88. The van der Waals surface area contributed by atoms with Crippen molar-refractivity contribution in [2.45, 2.75) is 37.7 Å².